The molecule has 0 aliphatic rings. The Balaban J connectivity index is 0.00000420. The Kier molecular flexibility index (Phi) is 10.9. The van der Waals surface area contributed by atoms with E-state index in [4.69, 9.17) is 9.47 Å². The number of nitrogens with one attached hydrogen (secondary N) is 2. The highest BCUT2D eigenvalue weighted by Crippen LogP contribution is 2.22. The van der Waals surface area contributed by atoms with Gasteiger partial charge in [-0.15, -0.1) is 35.7 Å². The van der Waals surface area contributed by atoms with Gasteiger partial charge in [-0.3, -0.25) is 4.99 Å². The molecule has 0 heterocycles. The zero-order valence-corrected chi connectivity index (χ0v) is 20.5. The van der Waals surface area contributed by atoms with Crippen molar-refractivity contribution in [3.63, 3.8) is 0 Å². The molecule has 0 fully saturated rings. The van der Waals surface area contributed by atoms with Crippen molar-refractivity contribution >= 4 is 47.7 Å². The third-order valence-corrected chi connectivity index (χ3v) is 5.06. The second-order valence-electron chi connectivity index (χ2n) is 6.12. The first-order valence-electron chi connectivity index (χ1n) is 8.85. The number of guanidine groups is 1. The van der Waals surface area contributed by atoms with Crippen LogP contribution >= 0.6 is 35.7 Å². The van der Waals surface area contributed by atoms with E-state index in [0.717, 1.165) is 5.56 Å². The van der Waals surface area contributed by atoms with Gasteiger partial charge in [0.25, 0.3) is 0 Å². The molecule has 0 amide bonds. The fourth-order valence-corrected chi connectivity index (χ4v) is 3.41. The normalized spacial score (nSPS) is 10.7. The minimum atomic E-state index is -0.420. The van der Waals surface area contributed by atoms with Crippen molar-refractivity contribution < 1.29 is 14.3 Å². The molecule has 0 radical (unpaired) electrons. The zero-order chi connectivity index (χ0) is 20.5. The summed E-state index contributed by atoms with van der Waals surface area (Å²) in [6.45, 7) is 3.32. The number of benzene rings is 2. The summed E-state index contributed by atoms with van der Waals surface area (Å²) in [5.74, 6) is 0.763. The van der Waals surface area contributed by atoms with Crippen LogP contribution in [-0.4, -0.2) is 39.5 Å². The lowest BCUT2D eigenvalue weighted by Crippen LogP contribution is -2.36. The Hall–Kier alpha value is -1.94. The van der Waals surface area contributed by atoms with Crippen LogP contribution in [0.1, 0.15) is 27.0 Å². The summed E-state index contributed by atoms with van der Waals surface area (Å²) in [5, 5.41) is 6.62. The predicted octanol–water partition coefficient (Wildman–Crippen LogP) is 4.00. The molecule has 158 valence electrons. The largest absolute Gasteiger partial charge is 0.496 e. The number of carbonyl (C=O) groups excluding carboxylic acids is 1. The maximum atomic E-state index is 11.8. The molecular formula is C21H28IN3O3S. The molecule has 2 N–H and O–H groups in total. The van der Waals surface area contributed by atoms with E-state index in [-0.39, 0.29) is 24.0 Å². The van der Waals surface area contributed by atoms with E-state index in [1.807, 2.05) is 12.1 Å². The standard InChI is InChI=1S/C21H27N3O3S.HI/c1-14-6-8-16(19(10-14)28-5)13-24-21(22-2)23-12-15-7-9-17(20(25)27-4)18(11-15)26-3;/h6-11H,12-13H2,1-5H3,(H2,22,23,24);1H. The molecule has 29 heavy (non-hydrogen) atoms. The molecule has 2 rings (SSSR count). The molecule has 0 atom stereocenters. The molecule has 0 aliphatic carbocycles. The summed E-state index contributed by atoms with van der Waals surface area (Å²) in [6, 6.07) is 11.8. The molecule has 0 bridgehead atoms. The maximum absolute atomic E-state index is 11.8. The highest BCUT2D eigenvalue weighted by molar-refractivity contribution is 14.0. The van der Waals surface area contributed by atoms with Crippen molar-refractivity contribution in [3.8, 4) is 5.75 Å². The van der Waals surface area contributed by atoms with Gasteiger partial charge in [-0.1, -0.05) is 18.2 Å². The van der Waals surface area contributed by atoms with Crippen LogP contribution in [0.5, 0.6) is 5.75 Å². The number of esters is 1. The molecule has 2 aromatic rings. The fourth-order valence-electron chi connectivity index (χ4n) is 2.71. The van der Waals surface area contributed by atoms with Crippen LogP contribution < -0.4 is 15.4 Å². The number of aliphatic imine (C=N–C) groups is 1. The minimum absolute atomic E-state index is 0. The van der Waals surface area contributed by atoms with Crippen LogP contribution in [0.3, 0.4) is 0 Å². The van der Waals surface area contributed by atoms with Gasteiger partial charge in [-0.2, -0.15) is 0 Å². The lowest BCUT2D eigenvalue weighted by atomic mass is 10.1. The number of aryl methyl sites for hydroxylation is 1. The van der Waals surface area contributed by atoms with Gasteiger partial charge in [0.2, 0.25) is 0 Å². The SMILES string of the molecule is CN=C(NCc1ccc(C(=O)OC)c(OC)c1)NCc1ccc(C)cc1SC.I. The monoisotopic (exact) mass is 529 g/mol. The van der Waals surface area contributed by atoms with E-state index >= 15 is 0 Å². The quantitative estimate of drug-likeness (QED) is 0.186. The molecule has 0 saturated carbocycles. The van der Waals surface area contributed by atoms with Crippen molar-refractivity contribution in [1.29, 1.82) is 0 Å². The molecule has 8 heteroatoms. The molecule has 0 aliphatic heterocycles. The topological polar surface area (TPSA) is 72.0 Å². The molecule has 6 nitrogen and oxygen atoms in total. The molecule has 0 saturated heterocycles. The Labute approximate surface area is 193 Å². The second-order valence-corrected chi connectivity index (χ2v) is 6.97. The summed E-state index contributed by atoms with van der Waals surface area (Å²) in [7, 11) is 4.62. The van der Waals surface area contributed by atoms with Gasteiger partial charge in [-0.05, 0) is 48.1 Å². The number of halogens is 1. The highest BCUT2D eigenvalue weighted by atomic mass is 127. The van der Waals surface area contributed by atoms with Gasteiger partial charge in [0.1, 0.15) is 11.3 Å². The van der Waals surface area contributed by atoms with Crippen LogP contribution in [0.4, 0.5) is 0 Å². The maximum Gasteiger partial charge on any atom is 0.341 e. The van der Waals surface area contributed by atoms with Gasteiger partial charge in [-0.25, -0.2) is 4.79 Å². The van der Waals surface area contributed by atoms with Crippen LogP contribution in [0.15, 0.2) is 46.3 Å². The first-order valence-corrected chi connectivity index (χ1v) is 10.1. The lowest BCUT2D eigenvalue weighted by Gasteiger charge is -2.15. The summed E-state index contributed by atoms with van der Waals surface area (Å²) >= 11 is 1.74. The second kappa shape index (κ2) is 12.6. The van der Waals surface area contributed by atoms with Gasteiger partial charge >= 0.3 is 5.97 Å². The average molecular weight is 529 g/mol. The summed E-state index contributed by atoms with van der Waals surface area (Å²) in [6.07, 6.45) is 2.08. The molecule has 0 unspecified atom stereocenters. The summed E-state index contributed by atoms with van der Waals surface area (Å²) in [5.41, 5.74) is 3.85. The van der Waals surface area contributed by atoms with Crippen LogP contribution in [0.25, 0.3) is 0 Å². The molecule has 0 spiro atoms. The third-order valence-electron chi connectivity index (χ3n) is 4.24. The Morgan fingerprint density at radius 2 is 1.83 bits per heavy atom. The highest BCUT2D eigenvalue weighted by Gasteiger charge is 2.13. The molecular weight excluding hydrogens is 501 g/mol. The van der Waals surface area contributed by atoms with Crippen molar-refractivity contribution in [1.82, 2.24) is 10.6 Å². The van der Waals surface area contributed by atoms with Crippen LogP contribution in [-0.2, 0) is 17.8 Å². The predicted molar refractivity (Wildman–Crippen MR) is 130 cm³/mol. The fraction of sp³-hybridized carbons (Fsp3) is 0.333. The minimum Gasteiger partial charge on any atom is -0.496 e. The molecule has 0 aromatic heterocycles. The number of ether oxygens (including phenoxy) is 2. The van der Waals surface area contributed by atoms with E-state index in [1.165, 1.54) is 30.2 Å². The summed E-state index contributed by atoms with van der Waals surface area (Å²) in [4.78, 5) is 17.3. The first kappa shape index (κ1) is 25.1. The van der Waals surface area contributed by atoms with E-state index in [9.17, 15) is 4.79 Å². The smallest absolute Gasteiger partial charge is 0.341 e. The zero-order valence-electron chi connectivity index (χ0n) is 17.4. The number of hydrogen-bond acceptors (Lipinski definition) is 5. The lowest BCUT2D eigenvalue weighted by molar-refractivity contribution is 0.0597. The number of nitrogens with zero attached hydrogens (tertiary/aromatic N) is 1. The number of rotatable bonds is 7. The number of carbonyl (C=O) groups is 1. The van der Waals surface area contributed by atoms with E-state index in [2.05, 4.69) is 47.0 Å². The molecule has 2 aromatic carbocycles. The van der Waals surface area contributed by atoms with Gasteiger partial charge in [0.05, 0.1) is 14.2 Å². The Morgan fingerprint density at radius 1 is 1.10 bits per heavy atom. The van der Waals surface area contributed by atoms with Crippen LogP contribution in [0.2, 0.25) is 0 Å². The first-order chi connectivity index (χ1) is 13.5. The van der Waals surface area contributed by atoms with Crippen molar-refractivity contribution in [2.45, 2.75) is 24.9 Å². The van der Waals surface area contributed by atoms with Crippen LogP contribution in [0, 0.1) is 6.92 Å². The number of hydrogen-bond donors (Lipinski definition) is 2. The van der Waals surface area contributed by atoms with Crippen molar-refractivity contribution in [3.05, 3.63) is 58.7 Å². The number of thioether (sulfide) groups is 1. The van der Waals surface area contributed by atoms with Gasteiger partial charge in [0, 0.05) is 25.0 Å². The van der Waals surface area contributed by atoms with E-state index in [1.54, 1.807) is 24.9 Å². The summed E-state index contributed by atoms with van der Waals surface area (Å²) < 4.78 is 10.1. The number of methoxy groups -OCH3 is 2. The Bertz CT molecular complexity index is 859. The van der Waals surface area contributed by atoms with Crippen molar-refractivity contribution in [2.75, 3.05) is 27.5 Å². The van der Waals surface area contributed by atoms with E-state index < -0.39 is 5.97 Å². The van der Waals surface area contributed by atoms with Gasteiger partial charge < -0.3 is 20.1 Å². The third kappa shape index (κ3) is 7.11. The van der Waals surface area contributed by atoms with Gasteiger partial charge in [0.15, 0.2) is 5.96 Å². The van der Waals surface area contributed by atoms with E-state index in [0.29, 0.717) is 30.4 Å². The van der Waals surface area contributed by atoms with Crippen molar-refractivity contribution in [2.24, 2.45) is 4.99 Å². The average Bonchev–Trinajstić information content (AvgIpc) is 2.73. The Morgan fingerprint density at radius 3 is 2.45 bits per heavy atom.